The maximum atomic E-state index is 12.0. The zero-order valence-electron chi connectivity index (χ0n) is 12.4. The Morgan fingerprint density at radius 3 is 2.91 bits per heavy atom. The number of nitrogens with one attached hydrogen (secondary N) is 1. The van der Waals surface area contributed by atoms with Gasteiger partial charge in [0.25, 0.3) is 0 Å². The summed E-state index contributed by atoms with van der Waals surface area (Å²) in [5.41, 5.74) is 2.91. The minimum Gasteiger partial charge on any atom is -0.308 e. The highest BCUT2D eigenvalue weighted by Gasteiger charge is 2.09. The summed E-state index contributed by atoms with van der Waals surface area (Å²) in [6, 6.07) is 7.74. The second kappa shape index (κ2) is 6.20. The summed E-state index contributed by atoms with van der Waals surface area (Å²) in [5, 5.41) is 6.89. The fraction of sp³-hybridized carbons (Fsp3) is 0.286. The van der Waals surface area contributed by atoms with Crippen LogP contribution in [0.25, 0.3) is 11.0 Å². The smallest absolute Gasteiger partial charge is 0.239 e. The molecule has 2 aromatic heterocycles. The van der Waals surface area contributed by atoms with Gasteiger partial charge in [0.05, 0.1) is 18.3 Å². The average molecular weight is 316 g/mol. The van der Waals surface area contributed by atoms with Crippen molar-refractivity contribution in [1.82, 2.24) is 23.4 Å². The zero-order valence-corrected chi connectivity index (χ0v) is 13.2. The fourth-order valence-corrected chi connectivity index (χ4v) is 2.72. The molecule has 1 N–H and O–H groups in total. The van der Waals surface area contributed by atoms with Gasteiger partial charge in [0.15, 0.2) is 5.82 Å². The molecule has 0 spiro atoms. The van der Waals surface area contributed by atoms with Gasteiger partial charge in [-0.05, 0) is 24.7 Å². The third-order valence-corrected chi connectivity index (χ3v) is 3.72. The lowest BCUT2D eigenvalue weighted by molar-refractivity contribution is -0.117. The summed E-state index contributed by atoms with van der Waals surface area (Å²) in [5.74, 6) is 0.480. The fourth-order valence-electron chi connectivity index (χ4n) is 2.20. The van der Waals surface area contributed by atoms with Crippen molar-refractivity contribution in [2.24, 2.45) is 7.05 Å². The second-order valence-corrected chi connectivity index (χ2v) is 5.71. The van der Waals surface area contributed by atoms with Gasteiger partial charge < -0.3 is 5.32 Å². The Morgan fingerprint density at radius 1 is 1.32 bits per heavy atom. The van der Waals surface area contributed by atoms with Crippen molar-refractivity contribution in [3.05, 3.63) is 36.0 Å². The molecule has 2 heterocycles. The Kier molecular flexibility index (Phi) is 4.12. The molecule has 0 saturated heterocycles. The quantitative estimate of drug-likeness (QED) is 0.772. The Bertz CT molecular complexity index is 795. The van der Waals surface area contributed by atoms with E-state index in [4.69, 9.17) is 0 Å². The molecule has 0 fully saturated rings. The average Bonchev–Trinajstić information content (AvgIpc) is 3.06. The van der Waals surface area contributed by atoms with Gasteiger partial charge in [0, 0.05) is 25.9 Å². The number of likely N-dealkylation sites (N-methyl/N-ethyl adjacent to an activating group) is 1. The lowest BCUT2D eigenvalue weighted by atomic mass is 10.2. The Balaban J connectivity index is 1.57. The van der Waals surface area contributed by atoms with Gasteiger partial charge in [-0.2, -0.15) is 13.8 Å². The van der Waals surface area contributed by atoms with Crippen LogP contribution in [0.4, 0.5) is 5.82 Å². The van der Waals surface area contributed by atoms with Crippen molar-refractivity contribution in [3.8, 4) is 0 Å². The molecular formula is C14H16N6OS. The third-order valence-electron chi connectivity index (χ3n) is 3.17. The van der Waals surface area contributed by atoms with Crippen LogP contribution in [-0.4, -0.2) is 42.9 Å². The molecule has 3 aromatic rings. The second-order valence-electron chi connectivity index (χ2n) is 5.18. The van der Waals surface area contributed by atoms with E-state index in [-0.39, 0.29) is 5.91 Å². The number of fused-ring (bicyclic) bond motifs is 1. The minimum absolute atomic E-state index is 0.0856. The predicted molar refractivity (Wildman–Crippen MR) is 85.6 cm³/mol. The first-order valence-electron chi connectivity index (χ1n) is 6.79. The SMILES string of the molecule is CN(CC(=O)Nc1ccn(C)n1)Cc1ccc2nsnc2c1. The molecule has 0 aliphatic heterocycles. The van der Waals surface area contributed by atoms with Crippen LogP contribution in [0.2, 0.25) is 0 Å². The Labute approximate surface area is 131 Å². The molecule has 0 radical (unpaired) electrons. The van der Waals surface area contributed by atoms with Gasteiger partial charge in [-0.1, -0.05) is 6.07 Å². The number of carbonyl (C=O) groups is 1. The van der Waals surface area contributed by atoms with Crippen molar-refractivity contribution in [2.45, 2.75) is 6.54 Å². The maximum Gasteiger partial charge on any atom is 0.239 e. The molecule has 114 valence electrons. The molecule has 1 amide bonds. The number of anilines is 1. The summed E-state index contributed by atoms with van der Waals surface area (Å²) >= 11 is 1.21. The number of aryl methyl sites for hydroxylation is 1. The van der Waals surface area contributed by atoms with Gasteiger partial charge >= 0.3 is 0 Å². The molecule has 8 heteroatoms. The number of nitrogens with zero attached hydrogens (tertiary/aromatic N) is 5. The number of carbonyl (C=O) groups excluding carboxylic acids is 1. The van der Waals surface area contributed by atoms with Crippen molar-refractivity contribution < 1.29 is 4.79 Å². The minimum atomic E-state index is -0.0856. The van der Waals surface area contributed by atoms with E-state index in [2.05, 4.69) is 19.2 Å². The Hall–Kier alpha value is -2.32. The highest BCUT2D eigenvalue weighted by Crippen LogP contribution is 2.14. The van der Waals surface area contributed by atoms with Crippen molar-refractivity contribution >= 4 is 34.5 Å². The summed E-state index contributed by atoms with van der Waals surface area (Å²) in [6.45, 7) is 0.965. The monoisotopic (exact) mass is 316 g/mol. The first kappa shape index (κ1) is 14.6. The summed E-state index contributed by atoms with van der Waals surface area (Å²) < 4.78 is 10.1. The molecular weight excluding hydrogens is 300 g/mol. The van der Waals surface area contributed by atoms with E-state index in [1.807, 2.05) is 37.2 Å². The molecule has 7 nitrogen and oxygen atoms in total. The molecule has 0 aliphatic rings. The summed E-state index contributed by atoms with van der Waals surface area (Å²) in [4.78, 5) is 13.9. The van der Waals surface area contributed by atoms with Crippen molar-refractivity contribution in [1.29, 1.82) is 0 Å². The normalized spacial score (nSPS) is 11.2. The van der Waals surface area contributed by atoms with E-state index in [0.29, 0.717) is 18.9 Å². The predicted octanol–water partition coefficient (Wildman–Crippen LogP) is 1.50. The van der Waals surface area contributed by atoms with E-state index in [0.717, 1.165) is 16.6 Å². The van der Waals surface area contributed by atoms with Gasteiger partial charge in [-0.3, -0.25) is 14.4 Å². The largest absolute Gasteiger partial charge is 0.308 e. The van der Waals surface area contributed by atoms with Crippen LogP contribution in [0.5, 0.6) is 0 Å². The Morgan fingerprint density at radius 2 is 2.14 bits per heavy atom. The van der Waals surface area contributed by atoms with Gasteiger partial charge in [0.2, 0.25) is 5.91 Å². The molecule has 0 saturated carbocycles. The van der Waals surface area contributed by atoms with E-state index < -0.39 is 0 Å². The van der Waals surface area contributed by atoms with Crippen LogP contribution >= 0.6 is 11.7 Å². The third kappa shape index (κ3) is 3.46. The number of hydrogen-bond acceptors (Lipinski definition) is 6. The number of amides is 1. The summed E-state index contributed by atoms with van der Waals surface area (Å²) in [7, 11) is 3.72. The van der Waals surface area contributed by atoms with Crippen LogP contribution in [0.3, 0.4) is 0 Å². The van der Waals surface area contributed by atoms with Crippen LogP contribution in [-0.2, 0) is 18.4 Å². The van der Waals surface area contributed by atoms with Gasteiger partial charge in [-0.15, -0.1) is 0 Å². The number of benzene rings is 1. The first-order valence-corrected chi connectivity index (χ1v) is 7.52. The van der Waals surface area contributed by atoms with Crippen LogP contribution < -0.4 is 5.32 Å². The van der Waals surface area contributed by atoms with Gasteiger partial charge in [-0.25, -0.2) is 0 Å². The van der Waals surface area contributed by atoms with Crippen LogP contribution in [0.1, 0.15) is 5.56 Å². The van der Waals surface area contributed by atoms with Gasteiger partial charge in [0.1, 0.15) is 11.0 Å². The van der Waals surface area contributed by atoms with E-state index in [9.17, 15) is 4.79 Å². The highest BCUT2D eigenvalue weighted by molar-refractivity contribution is 7.00. The summed E-state index contributed by atoms with van der Waals surface area (Å²) in [6.07, 6.45) is 1.79. The number of aromatic nitrogens is 4. The standard InChI is InChI=1S/C14H16N6OS/c1-19(9-14(21)15-13-5-6-20(2)16-13)8-10-3-4-11-12(7-10)18-22-17-11/h3-7H,8-9H2,1-2H3,(H,15,16,21). The van der Waals surface area contributed by atoms with Crippen LogP contribution in [0.15, 0.2) is 30.5 Å². The number of hydrogen-bond donors (Lipinski definition) is 1. The molecule has 1 aromatic carbocycles. The lowest BCUT2D eigenvalue weighted by Crippen LogP contribution is -2.30. The molecule has 0 bridgehead atoms. The van der Waals surface area contributed by atoms with Crippen LogP contribution in [0, 0.1) is 0 Å². The van der Waals surface area contributed by atoms with E-state index in [1.54, 1.807) is 16.9 Å². The van der Waals surface area contributed by atoms with E-state index >= 15 is 0 Å². The lowest BCUT2D eigenvalue weighted by Gasteiger charge is -2.15. The van der Waals surface area contributed by atoms with E-state index in [1.165, 1.54) is 11.7 Å². The zero-order chi connectivity index (χ0) is 15.5. The van der Waals surface area contributed by atoms with Crippen molar-refractivity contribution in [2.75, 3.05) is 18.9 Å². The topological polar surface area (TPSA) is 75.9 Å². The highest BCUT2D eigenvalue weighted by atomic mass is 32.1. The number of rotatable bonds is 5. The molecule has 3 rings (SSSR count). The molecule has 0 atom stereocenters. The molecule has 0 aliphatic carbocycles. The molecule has 22 heavy (non-hydrogen) atoms. The molecule has 0 unspecified atom stereocenters. The maximum absolute atomic E-state index is 12.0. The van der Waals surface area contributed by atoms with Crippen molar-refractivity contribution in [3.63, 3.8) is 0 Å². The first-order chi connectivity index (χ1) is 10.6.